The van der Waals surface area contributed by atoms with Crippen molar-refractivity contribution < 1.29 is 18.5 Å². The number of rotatable bonds is 6. The molecule has 1 aliphatic rings. The predicted octanol–water partition coefficient (Wildman–Crippen LogP) is 3.67. The van der Waals surface area contributed by atoms with Gasteiger partial charge in [0, 0.05) is 40.8 Å². The van der Waals surface area contributed by atoms with E-state index in [0.29, 0.717) is 35.6 Å². The summed E-state index contributed by atoms with van der Waals surface area (Å²) in [6.07, 6.45) is 0.0245. The molecule has 1 unspecified atom stereocenters. The quantitative estimate of drug-likeness (QED) is 0.713. The van der Waals surface area contributed by atoms with Crippen LogP contribution in [0.1, 0.15) is 48.4 Å². The normalized spacial score (nSPS) is 19.7. The predicted molar refractivity (Wildman–Crippen MR) is 124 cm³/mol. The van der Waals surface area contributed by atoms with E-state index in [-0.39, 0.29) is 29.3 Å². The largest absolute Gasteiger partial charge is 0.372 e. The summed E-state index contributed by atoms with van der Waals surface area (Å²) in [5, 5.41) is 2.83. The summed E-state index contributed by atoms with van der Waals surface area (Å²) in [7, 11) is -1.17. The molecule has 0 bridgehead atoms. The molecular weight excluding hydrogens is 414 g/mol. The molecule has 1 fully saturated rings. The lowest BCUT2D eigenvalue weighted by molar-refractivity contribution is -0.0586. The van der Waals surface area contributed by atoms with Gasteiger partial charge in [-0.1, -0.05) is 0 Å². The van der Waals surface area contributed by atoms with Gasteiger partial charge in [-0.3, -0.25) is 9.59 Å². The van der Waals surface area contributed by atoms with E-state index in [1.165, 1.54) is 0 Å². The fourth-order valence-electron chi connectivity index (χ4n) is 3.35. The molecule has 166 valence electrons. The number of anilines is 2. The SMILES string of the molecule is CC(C)S(=O)Nc1ccc(C(=O)Nc2ccc(C(=O)N3C[C@@H](C)O[C@@H](C)C3)cc2)cc1. The molecule has 3 atom stereocenters. The van der Waals surface area contributed by atoms with Gasteiger partial charge in [-0.15, -0.1) is 0 Å². The number of benzene rings is 2. The van der Waals surface area contributed by atoms with Gasteiger partial charge in [0.15, 0.2) is 0 Å². The Morgan fingerprint density at radius 3 is 2.00 bits per heavy atom. The summed E-state index contributed by atoms with van der Waals surface area (Å²) in [5.41, 5.74) is 2.36. The first-order valence-electron chi connectivity index (χ1n) is 10.4. The van der Waals surface area contributed by atoms with E-state index < -0.39 is 11.0 Å². The lowest BCUT2D eigenvalue weighted by Gasteiger charge is -2.35. The number of ether oxygens (including phenoxy) is 1. The topological polar surface area (TPSA) is 87.7 Å². The average Bonchev–Trinajstić information content (AvgIpc) is 2.73. The van der Waals surface area contributed by atoms with E-state index in [2.05, 4.69) is 10.0 Å². The lowest BCUT2D eigenvalue weighted by atomic mass is 10.1. The van der Waals surface area contributed by atoms with Crippen LogP contribution in [-0.2, 0) is 15.7 Å². The van der Waals surface area contributed by atoms with Crippen molar-refractivity contribution in [1.29, 1.82) is 0 Å². The summed E-state index contributed by atoms with van der Waals surface area (Å²) in [6, 6.07) is 13.7. The van der Waals surface area contributed by atoms with Crippen molar-refractivity contribution in [2.75, 3.05) is 23.1 Å². The third-order valence-corrected chi connectivity index (χ3v) is 6.18. The second-order valence-electron chi connectivity index (χ2n) is 8.02. The summed E-state index contributed by atoms with van der Waals surface area (Å²) >= 11 is 0. The van der Waals surface area contributed by atoms with Crippen molar-refractivity contribution in [3.8, 4) is 0 Å². The van der Waals surface area contributed by atoms with Gasteiger partial charge in [-0.05, 0) is 76.2 Å². The molecule has 0 aliphatic carbocycles. The molecular formula is C23H29N3O4S. The van der Waals surface area contributed by atoms with Crippen LogP contribution in [0.15, 0.2) is 48.5 Å². The fraction of sp³-hybridized carbons (Fsp3) is 0.391. The third kappa shape index (κ3) is 6.15. The van der Waals surface area contributed by atoms with E-state index in [1.54, 1.807) is 53.4 Å². The van der Waals surface area contributed by atoms with Gasteiger partial charge in [-0.25, -0.2) is 4.21 Å². The number of carbonyl (C=O) groups excluding carboxylic acids is 2. The van der Waals surface area contributed by atoms with Crippen molar-refractivity contribution in [3.63, 3.8) is 0 Å². The molecule has 8 heteroatoms. The standard InChI is InChI=1S/C23H29N3O4S/c1-15(2)31(29)25-21-11-5-18(6-12-21)22(27)24-20-9-7-19(8-10-20)23(28)26-13-16(3)30-17(4)14-26/h5-12,15-17,25H,13-14H2,1-4H3,(H,24,27)/t16-,17+,31?. The van der Waals surface area contributed by atoms with Gasteiger partial charge in [0.2, 0.25) is 0 Å². The summed E-state index contributed by atoms with van der Waals surface area (Å²) in [4.78, 5) is 27.1. The van der Waals surface area contributed by atoms with E-state index in [4.69, 9.17) is 4.74 Å². The van der Waals surface area contributed by atoms with Crippen molar-refractivity contribution in [2.24, 2.45) is 0 Å². The Balaban J connectivity index is 1.60. The Kier molecular flexibility index (Phi) is 7.46. The van der Waals surface area contributed by atoms with E-state index >= 15 is 0 Å². The highest BCUT2D eigenvalue weighted by molar-refractivity contribution is 7.86. The van der Waals surface area contributed by atoms with Crippen molar-refractivity contribution in [3.05, 3.63) is 59.7 Å². The molecule has 0 aromatic heterocycles. The highest BCUT2D eigenvalue weighted by Crippen LogP contribution is 2.18. The zero-order chi connectivity index (χ0) is 22.5. The van der Waals surface area contributed by atoms with E-state index in [9.17, 15) is 13.8 Å². The maximum Gasteiger partial charge on any atom is 0.255 e. The van der Waals surface area contributed by atoms with Crippen molar-refractivity contribution in [1.82, 2.24) is 4.90 Å². The van der Waals surface area contributed by atoms with Crippen LogP contribution < -0.4 is 10.0 Å². The van der Waals surface area contributed by atoms with Crippen LogP contribution in [0.2, 0.25) is 0 Å². The first-order chi connectivity index (χ1) is 14.7. The highest BCUT2D eigenvalue weighted by atomic mass is 32.2. The van der Waals surface area contributed by atoms with Crippen LogP contribution in [0.4, 0.5) is 11.4 Å². The van der Waals surface area contributed by atoms with Gasteiger partial charge < -0.3 is 19.7 Å². The smallest absolute Gasteiger partial charge is 0.255 e. The molecule has 1 aliphatic heterocycles. The van der Waals surface area contributed by atoms with Gasteiger partial charge >= 0.3 is 0 Å². The number of hydrogen-bond donors (Lipinski definition) is 2. The Hall–Kier alpha value is -2.71. The average molecular weight is 444 g/mol. The number of morpholine rings is 1. The van der Waals surface area contributed by atoms with Crippen molar-refractivity contribution >= 4 is 34.2 Å². The van der Waals surface area contributed by atoms with E-state index in [1.807, 2.05) is 27.7 Å². The molecule has 2 aromatic rings. The van der Waals surface area contributed by atoms with E-state index in [0.717, 1.165) is 0 Å². The Morgan fingerprint density at radius 1 is 0.935 bits per heavy atom. The van der Waals surface area contributed by atoms with Gasteiger partial charge in [0.25, 0.3) is 11.8 Å². The van der Waals surface area contributed by atoms with Crippen LogP contribution in [-0.4, -0.2) is 51.5 Å². The zero-order valence-electron chi connectivity index (χ0n) is 18.3. The third-order valence-electron chi connectivity index (χ3n) is 4.89. The van der Waals surface area contributed by atoms with Crippen LogP contribution >= 0.6 is 0 Å². The Labute approximate surface area is 185 Å². The maximum absolute atomic E-state index is 12.8. The molecule has 0 spiro atoms. The minimum atomic E-state index is -1.17. The molecule has 1 heterocycles. The van der Waals surface area contributed by atoms with Gasteiger partial charge in [-0.2, -0.15) is 0 Å². The summed E-state index contributed by atoms with van der Waals surface area (Å²) < 4.78 is 20.5. The van der Waals surface area contributed by atoms with Gasteiger partial charge in [0.1, 0.15) is 11.0 Å². The zero-order valence-corrected chi connectivity index (χ0v) is 19.1. The molecule has 2 amide bonds. The van der Waals surface area contributed by atoms with Crippen LogP contribution in [0, 0.1) is 0 Å². The molecule has 3 rings (SSSR count). The lowest BCUT2D eigenvalue weighted by Crippen LogP contribution is -2.48. The van der Waals surface area contributed by atoms with Gasteiger partial charge in [0.05, 0.1) is 12.2 Å². The molecule has 2 N–H and O–H groups in total. The number of carbonyl (C=O) groups is 2. The summed E-state index contributed by atoms with van der Waals surface area (Å²) in [6.45, 7) is 8.79. The van der Waals surface area contributed by atoms with Crippen molar-refractivity contribution in [2.45, 2.75) is 45.2 Å². The van der Waals surface area contributed by atoms with Crippen LogP contribution in [0.25, 0.3) is 0 Å². The van der Waals surface area contributed by atoms with Crippen LogP contribution in [0.5, 0.6) is 0 Å². The first kappa shape index (κ1) is 23.0. The molecule has 2 aromatic carbocycles. The highest BCUT2D eigenvalue weighted by Gasteiger charge is 2.26. The van der Waals surface area contributed by atoms with Crippen LogP contribution in [0.3, 0.4) is 0 Å². The fourth-order valence-corrected chi connectivity index (χ4v) is 3.95. The number of hydrogen-bond acceptors (Lipinski definition) is 4. The maximum atomic E-state index is 12.8. The molecule has 1 saturated heterocycles. The molecule has 0 saturated carbocycles. The Morgan fingerprint density at radius 2 is 1.45 bits per heavy atom. The minimum Gasteiger partial charge on any atom is -0.372 e. The molecule has 0 radical (unpaired) electrons. The molecule has 7 nitrogen and oxygen atoms in total. The number of amides is 2. The second-order valence-corrected chi connectivity index (χ2v) is 9.77. The first-order valence-corrected chi connectivity index (χ1v) is 11.6. The second kappa shape index (κ2) is 10.1. The monoisotopic (exact) mass is 443 g/mol. The molecule has 31 heavy (non-hydrogen) atoms. The minimum absolute atomic E-state index is 0.00660. The number of nitrogens with one attached hydrogen (secondary N) is 2. The number of nitrogens with zero attached hydrogens (tertiary/aromatic N) is 1. The summed E-state index contributed by atoms with van der Waals surface area (Å²) in [5.74, 6) is -0.298. The Bertz CT molecular complexity index is 934.